The number of fused-ring (bicyclic) bond motifs is 1. The Bertz CT molecular complexity index is 423. The second-order valence-electron chi connectivity index (χ2n) is 6.26. The van der Waals surface area contributed by atoms with Gasteiger partial charge in [-0.3, -0.25) is 0 Å². The van der Waals surface area contributed by atoms with Crippen LogP contribution in [-0.2, 0) is 6.54 Å². The van der Waals surface area contributed by atoms with Crippen molar-refractivity contribution >= 4 is 0 Å². The van der Waals surface area contributed by atoms with E-state index in [1.165, 1.54) is 25.1 Å². The molecule has 18 heavy (non-hydrogen) atoms. The molecular formula is C14H24N4. The smallest absolute Gasteiger partial charge is 0.150 e. The Morgan fingerprint density at radius 3 is 2.67 bits per heavy atom. The van der Waals surface area contributed by atoms with E-state index < -0.39 is 0 Å². The lowest BCUT2D eigenvalue weighted by atomic mass is 9.96. The molecule has 0 amide bonds. The number of nitrogens with zero attached hydrogens (tertiary/aromatic N) is 3. The number of rotatable bonds is 2. The maximum absolute atomic E-state index is 4.54. The highest BCUT2D eigenvalue weighted by Crippen LogP contribution is 2.39. The molecule has 1 aliphatic heterocycles. The van der Waals surface area contributed by atoms with Crippen molar-refractivity contribution in [1.29, 1.82) is 0 Å². The molecule has 1 aromatic heterocycles. The quantitative estimate of drug-likeness (QED) is 0.874. The molecule has 0 bridgehead atoms. The molecule has 3 rings (SSSR count). The monoisotopic (exact) mass is 248 g/mol. The van der Waals surface area contributed by atoms with Crippen LogP contribution in [0.1, 0.15) is 63.6 Å². The number of hydrogen-bond acceptors (Lipinski definition) is 3. The van der Waals surface area contributed by atoms with Crippen molar-refractivity contribution in [2.45, 2.75) is 58.5 Å². The summed E-state index contributed by atoms with van der Waals surface area (Å²) in [6.45, 7) is 8.94. The minimum absolute atomic E-state index is 0.372. The maximum Gasteiger partial charge on any atom is 0.150 e. The molecule has 1 N–H and O–H groups in total. The van der Waals surface area contributed by atoms with E-state index in [9.17, 15) is 0 Å². The summed E-state index contributed by atoms with van der Waals surface area (Å²) in [5, 5.41) is 12.6. The van der Waals surface area contributed by atoms with E-state index >= 15 is 0 Å². The van der Waals surface area contributed by atoms with Crippen LogP contribution >= 0.6 is 0 Å². The Labute approximate surface area is 109 Å². The van der Waals surface area contributed by atoms with Crippen LogP contribution in [0.15, 0.2) is 0 Å². The van der Waals surface area contributed by atoms with Crippen molar-refractivity contribution in [2.24, 2.45) is 11.8 Å². The van der Waals surface area contributed by atoms with Crippen molar-refractivity contribution in [2.75, 3.05) is 6.54 Å². The summed E-state index contributed by atoms with van der Waals surface area (Å²) in [4.78, 5) is 0. The molecule has 100 valence electrons. The zero-order valence-electron chi connectivity index (χ0n) is 11.7. The Morgan fingerprint density at radius 1 is 1.22 bits per heavy atom. The maximum atomic E-state index is 4.54. The van der Waals surface area contributed by atoms with E-state index in [4.69, 9.17) is 0 Å². The first-order valence-corrected chi connectivity index (χ1v) is 7.35. The van der Waals surface area contributed by atoms with Gasteiger partial charge in [-0.15, -0.1) is 10.2 Å². The first kappa shape index (κ1) is 12.2. The molecule has 0 saturated heterocycles. The summed E-state index contributed by atoms with van der Waals surface area (Å²) in [6, 6.07) is 0.372. The summed E-state index contributed by atoms with van der Waals surface area (Å²) in [7, 11) is 0. The first-order valence-electron chi connectivity index (χ1n) is 7.35. The van der Waals surface area contributed by atoms with E-state index in [0.29, 0.717) is 17.9 Å². The highest BCUT2D eigenvalue weighted by atomic mass is 15.3. The number of hydrogen-bond donors (Lipinski definition) is 1. The van der Waals surface area contributed by atoms with Gasteiger partial charge in [0.2, 0.25) is 0 Å². The second kappa shape index (κ2) is 4.65. The van der Waals surface area contributed by atoms with Gasteiger partial charge in [0.1, 0.15) is 5.82 Å². The standard InChI is InChI=1S/C14H24N4/c1-9(2)12-14-17-16-13(18(14)8-7-15-12)11-6-4-5-10(11)3/h9-12,15H,4-8H2,1-3H3. The highest BCUT2D eigenvalue weighted by Gasteiger charge is 2.33. The molecule has 2 heterocycles. The minimum Gasteiger partial charge on any atom is -0.312 e. The molecule has 1 saturated carbocycles. The fourth-order valence-corrected chi connectivity index (χ4v) is 3.55. The minimum atomic E-state index is 0.372. The van der Waals surface area contributed by atoms with Crippen LogP contribution in [0.2, 0.25) is 0 Å². The zero-order valence-corrected chi connectivity index (χ0v) is 11.7. The van der Waals surface area contributed by atoms with Crippen molar-refractivity contribution in [3.05, 3.63) is 11.6 Å². The van der Waals surface area contributed by atoms with E-state index in [2.05, 4.69) is 40.9 Å². The van der Waals surface area contributed by atoms with Crippen molar-refractivity contribution in [3.8, 4) is 0 Å². The summed E-state index contributed by atoms with van der Waals surface area (Å²) in [5.74, 6) is 4.39. The van der Waals surface area contributed by atoms with E-state index in [0.717, 1.165) is 24.8 Å². The van der Waals surface area contributed by atoms with Gasteiger partial charge in [-0.05, 0) is 24.7 Å². The molecular weight excluding hydrogens is 224 g/mol. The number of aromatic nitrogens is 3. The van der Waals surface area contributed by atoms with Gasteiger partial charge in [-0.25, -0.2) is 0 Å². The Hall–Kier alpha value is -0.900. The van der Waals surface area contributed by atoms with Gasteiger partial charge >= 0.3 is 0 Å². The lowest BCUT2D eigenvalue weighted by molar-refractivity contribution is 0.330. The van der Waals surface area contributed by atoms with Crippen LogP contribution in [-0.4, -0.2) is 21.3 Å². The third kappa shape index (κ3) is 1.87. The average Bonchev–Trinajstić information content (AvgIpc) is 2.93. The summed E-state index contributed by atoms with van der Waals surface area (Å²) < 4.78 is 2.40. The Morgan fingerprint density at radius 2 is 2.00 bits per heavy atom. The molecule has 2 aliphatic rings. The first-order chi connectivity index (χ1) is 8.68. The predicted octanol–water partition coefficient (Wildman–Crippen LogP) is 2.48. The molecule has 0 radical (unpaired) electrons. The van der Waals surface area contributed by atoms with Gasteiger partial charge in [-0.1, -0.05) is 27.2 Å². The molecule has 0 spiro atoms. The average molecular weight is 248 g/mol. The van der Waals surface area contributed by atoms with Crippen LogP contribution in [0.5, 0.6) is 0 Å². The fraction of sp³-hybridized carbons (Fsp3) is 0.857. The molecule has 3 atom stereocenters. The van der Waals surface area contributed by atoms with Crippen LogP contribution in [0, 0.1) is 11.8 Å². The van der Waals surface area contributed by atoms with Crippen LogP contribution in [0.25, 0.3) is 0 Å². The summed E-state index contributed by atoms with van der Waals surface area (Å²) in [6.07, 6.45) is 3.98. The fourth-order valence-electron chi connectivity index (χ4n) is 3.55. The molecule has 1 aromatic rings. The lowest BCUT2D eigenvalue weighted by Crippen LogP contribution is -2.37. The Kier molecular flexibility index (Phi) is 3.14. The van der Waals surface area contributed by atoms with E-state index in [1.807, 2.05) is 0 Å². The van der Waals surface area contributed by atoms with Gasteiger partial charge in [0.15, 0.2) is 5.82 Å². The van der Waals surface area contributed by atoms with E-state index in [1.54, 1.807) is 0 Å². The van der Waals surface area contributed by atoms with Crippen molar-refractivity contribution in [1.82, 2.24) is 20.1 Å². The van der Waals surface area contributed by atoms with Crippen LogP contribution < -0.4 is 5.32 Å². The summed E-state index contributed by atoms with van der Waals surface area (Å²) in [5.41, 5.74) is 0. The van der Waals surface area contributed by atoms with Crippen molar-refractivity contribution in [3.63, 3.8) is 0 Å². The highest BCUT2D eigenvalue weighted by molar-refractivity contribution is 5.10. The molecule has 1 aliphatic carbocycles. The summed E-state index contributed by atoms with van der Waals surface area (Å²) >= 11 is 0. The van der Waals surface area contributed by atoms with Gasteiger partial charge in [0.25, 0.3) is 0 Å². The lowest BCUT2D eigenvalue weighted by Gasteiger charge is -2.28. The topological polar surface area (TPSA) is 42.7 Å². The number of nitrogens with one attached hydrogen (secondary N) is 1. The molecule has 4 heteroatoms. The van der Waals surface area contributed by atoms with Gasteiger partial charge in [-0.2, -0.15) is 0 Å². The molecule has 4 nitrogen and oxygen atoms in total. The van der Waals surface area contributed by atoms with Crippen molar-refractivity contribution < 1.29 is 0 Å². The van der Waals surface area contributed by atoms with E-state index in [-0.39, 0.29) is 0 Å². The second-order valence-corrected chi connectivity index (χ2v) is 6.26. The zero-order chi connectivity index (χ0) is 12.7. The SMILES string of the molecule is CC(C)C1NCCn2c(C3CCCC3C)nnc21. The molecule has 1 fully saturated rings. The molecule has 0 aromatic carbocycles. The Balaban J connectivity index is 1.94. The third-order valence-corrected chi connectivity index (χ3v) is 4.65. The van der Waals surface area contributed by atoms with Gasteiger partial charge in [0, 0.05) is 19.0 Å². The van der Waals surface area contributed by atoms with Crippen LogP contribution in [0.4, 0.5) is 0 Å². The molecule has 3 unspecified atom stereocenters. The third-order valence-electron chi connectivity index (χ3n) is 4.65. The van der Waals surface area contributed by atoms with Gasteiger partial charge < -0.3 is 9.88 Å². The normalized spacial score (nSPS) is 31.9. The van der Waals surface area contributed by atoms with Crippen LogP contribution in [0.3, 0.4) is 0 Å². The van der Waals surface area contributed by atoms with Gasteiger partial charge in [0.05, 0.1) is 6.04 Å². The predicted molar refractivity (Wildman–Crippen MR) is 71.4 cm³/mol. The largest absolute Gasteiger partial charge is 0.312 e.